The molecule has 1 fully saturated rings. The van der Waals surface area contributed by atoms with Crippen molar-refractivity contribution in [3.8, 4) is 5.75 Å². The van der Waals surface area contributed by atoms with E-state index in [2.05, 4.69) is 0 Å². The zero-order valence-electron chi connectivity index (χ0n) is 16.8. The van der Waals surface area contributed by atoms with Crippen molar-refractivity contribution < 1.29 is 19.6 Å². The van der Waals surface area contributed by atoms with E-state index in [1.807, 2.05) is 36.4 Å². The molecule has 0 spiro atoms. The number of rotatable bonds is 6. The van der Waals surface area contributed by atoms with Gasteiger partial charge in [-0.15, -0.1) is 0 Å². The molecular formula is C24H18N2O5S. The van der Waals surface area contributed by atoms with Crippen LogP contribution in [0.25, 0.3) is 6.08 Å². The Morgan fingerprint density at radius 1 is 0.938 bits per heavy atom. The van der Waals surface area contributed by atoms with Gasteiger partial charge in [0.1, 0.15) is 5.75 Å². The second-order valence-corrected chi connectivity index (χ2v) is 8.24. The molecule has 1 N–H and O–H groups in total. The van der Waals surface area contributed by atoms with E-state index in [9.17, 15) is 24.8 Å². The van der Waals surface area contributed by atoms with Gasteiger partial charge in [0, 0.05) is 17.7 Å². The van der Waals surface area contributed by atoms with Crippen LogP contribution in [0.5, 0.6) is 5.75 Å². The van der Waals surface area contributed by atoms with Crippen molar-refractivity contribution in [1.29, 1.82) is 0 Å². The van der Waals surface area contributed by atoms with E-state index in [1.165, 1.54) is 30.3 Å². The summed E-state index contributed by atoms with van der Waals surface area (Å²) in [7, 11) is 0. The maximum absolute atomic E-state index is 12.8. The Morgan fingerprint density at radius 3 is 2.31 bits per heavy atom. The molecule has 3 aromatic carbocycles. The van der Waals surface area contributed by atoms with Gasteiger partial charge in [-0.05, 0) is 53.1 Å². The smallest absolute Gasteiger partial charge is 0.293 e. The Hall–Kier alpha value is -3.91. The van der Waals surface area contributed by atoms with Gasteiger partial charge in [0.2, 0.25) is 0 Å². The van der Waals surface area contributed by atoms with Crippen LogP contribution in [0, 0.1) is 10.1 Å². The highest BCUT2D eigenvalue weighted by Crippen LogP contribution is 2.35. The number of phenolic OH excluding ortho intramolecular Hbond substituents is 1. The second-order valence-electron chi connectivity index (χ2n) is 7.25. The van der Waals surface area contributed by atoms with Crippen molar-refractivity contribution in [2.45, 2.75) is 13.0 Å². The first-order chi connectivity index (χ1) is 15.4. The number of thioether (sulfide) groups is 1. The van der Waals surface area contributed by atoms with Gasteiger partial charge < -0.3 is 5.11 Å². The molecule has 0 saturated carbocycles. The number of non-ortho nitro benzene ring substituents is 1. The number of hydrogen-bond acceptors (Lipinski definition) is 6. The summed E-state index contributed by atoms with van der Waals surface area (Å²) < 4.78 is 0. The molecule has 2 amide bonds. The first-order valence-corrected chi connectivity index (χ1v) is 10.6. The van der Waals surface area contributed by atoms with E-state index in [-0.39, 0.29) is 22.9 Å². The molecular weight excluding hydrogens is 428 g/mol. The number of aromatic hydroxyl groups is 1. The third-order valence-electron chi connectivity index (χ3n) is 4.99. The fourth-order valence-corrected chi connectivity index (χ4v) is 4.17. The quantitative estimate of drug-likeness (QED) is 0.320. The lowest BCUT2D eigenvalue weighted by molar-refractivity contribution is -0.384. The molecule has 3 aromatic rings. The minimum atomic E-state index is -0.509. The van der Waals surface area contributed by atoms with Gasteiger partial charge in [-0.2, -0.15) is 0 Å². The number of amides is 2. The van der Waals surface area contributed by atoms with Crippen LogP contribution >= 0.6 is 11.8 Å². The van der Waals surface area contributed by atoms with Gasteiger partial charge in [-0.3, -0.25) is 24.6 Å². The Labute approximate surface area is 188 Å². The number of nitro benzene ring substituents is 1. The summed E-state index contributed by atoms with van der Waals surface area (Å²) in [5, 5.41) is 20.6. The van der Waals surface area contributed by atoms with E-state index >= 15 is 0 Å². The highest BCUT2D eigenvalue weighted by molar-refractivity contribution is 8.18. The van der Waals surface area contributed by atoms with E-state index in [4.69, 9.17) is 0 Å². The van der Waals surface area contributed by atoms with Crippen LogP contribution < -0.4 is 0 Å². The highest BCUT2D eigenvalue weighted by Gasteiger charge is 2.35. The number of nitro groups is 1. The van der Waals surface area contributed by atoms with Gasteiger partial charge in [-0.1, -0.05) is 48.5 Å². The monoisotopic (exact) mass is 446 g/mol. The molecule has 0 unspecified atom stereocenters. The second kappa shape index (κ2) is 9.07. The van der Waals surface area contributed by atoms with Crippen LogP contribution in [0.1, 0.15) is 22.3 Å². The van der Waals surface area contributed by atoms with Crippen molar-refractivity contribution in [3.63, 3.8) is 0 Å². The Bertz CT molecular complexity index is 1220. The number of imide groups is 1. The first kappa shape index (κ1) is 21.3. The topological polar surface area (TPSA) is 101 Å². The summed E-state index contributed by atoms with van der Waals surface area (Å²) >= 11 is 0.802. The van der Waals surface area contributed by atoms with Crippen molar-refractivity contribution >= 4 is 34.7 Å². The van der Waals surface area contributed by atoms with E-state index in [0.717, 1.165) is 27.8 Å². The molecule has 160 valence electrons. The molecule has 0 aliphatic carbocycles. The maximum atomic E-state index is 12.8. The lowest BCUT2D eigenvalue weighted by atomic mass is 10.0. The lowest BCUT2D eigenvalue weighted by Crippen LogP contribution is -2.27. The zero-order valence-corrected chi connectivity index (χ0v) is 17.6. The summed E-state index contributed by atoms with van der Waals surface area (Å²) in [4.78, 5) is 36.8. The van der Waals surface area contributed by atoms with E-state index in [1.54, 1.807) is 12.1 Å². The molecule has 0 bridgehead atoms. The van der Waals surface area contributed by atoms with Crippen molar-refractivity contribution in [2.24, 2.45) is 0 Å². The summed E-state index contributed by atoms with van der Waals surface area (Å²) in [6.45, 7) is 0.0139. The maximum Gasteiger partial charge on any atom is 0.293 e. The number of hydrogen-bond donors (Lipinski definition) is 1. The Kier molecular flexibility index (Phi) is 6.04. The van der Waals surface area contributed by atoms with Gasteiger partial charge in [0.05, 0.1) is 16.4 Å². The summed E-state index contributed by atoms with van der Waals surface area (Å²) in [5.74, 6) is -0.449. The summed E-state index contributed by atoms with van der Waals surface area (Å²) in [6.07, 6.45) is 2.19. The first-order valence-electron chi connectivity index (χ1n) is 9.75. The molecule has 1 saturated heterocycles. The summed E-state index contributed by atoms with van der Waals surface area (Å²) in [6, 6.07) is 20.8. The predicted octanol–water partition coefficient (Wildman–Crippen LogP) is 5.13. The average Bonchev–Trinajstić information content (AvgIpc) is 3.04. The molecule has 1 aliphatic heterocycles. The summed E-state index contributed by atoms with van der Waals surface area (Å²) in [5.41, 5.74) is 3.08. The molecule has 4 rings (SSSR count). The standard InChI is InChI=1S/C24H18N2O5S/c27-21-11-8-18(12-16-4-2-1-3-5-16)13-19(21)14-22-23(28)25(24(29)32-22)15-17-6-9-20(10-7-17)26(30)31/h1-11,13-14,27H,12,15H2/b22-14-. The predicted molar refractivity (Wildman–Crippen MR) is 122 cm³/mol. The van der Waals surface area contributed by atoms with Crippen LogP contribution in [-0.4, -0.2) is 26.1 Å². The Balaban J connectivity index is 1.53. The largest absolute Gasteiger partial charge is 0.507 e. The number of benzene rings is 3. The molecule has 1 aliphatic rings. The molecule has 1 heterocycles. The van der Waals surface area contributed by atoms with Gasteiger partial charge in [0.15, 0.2) is 0 Å². The van der Waals surface area contributed by atoms with Crippen LogP contribution in [0.4, 0.5) is 10.5 Å². The van der Waals surface area contributed by atoms with Crippen molar-refractivity contribution in [2.75, 3.05) is 0 Å². The molecule has 0 atom stereocenters. The molecule has 8 heteroatoms. The van der Waals surface area contributed by atoms with Crippen molar-refractivity contribution in [3.05, 3.63) is 110 Å². The fourth-order valence-electron chi connectivity index (χ4n) is 3.34. The minimum absolute atomic E-state index is 0.0139. The number of carbonyl (C=O) groups excluding carboxylic acids is 2. The molecule has 0 radical (unpaired) electrons. The number of carbonyl (C=O) groups is 2. The van der Waals surface area contributed by atoms with Crippen LogP contribution in [0.2, 0.25) is 0 Å². The normalized spacial score (nSPS) is 14.9. The van der Waals surface area contributed by atoms with Gasteiger partial charge in [-0.25, -0.2) is 0 Å². The zero-order chi connectivity index (χ0) is 22.7. The minimum Gasteiger partial charge on any atom is -0.507 e. The SMILES string of the molecule is O=C1S/C(=C\c2cc(Cc3ccccc3)ccc2O)C(=O)N1Cc1ccc([N+](=O)[O-])cc1. The van der Waals surface area contributed by atoms with Crippen LogP contribution in [0.15, 0.2) is 77.7 Å². The number of phenols is 1. The van der Waals surface area contributed by atoms with E-state index in [0.29, 0.717) is 17.5 Å². The van der Waals surface area contributed by atoms with Crippen LogP contribution in [-0.2, 0) is 17.8 Å². The molecule has 32 heavy (non-hydrogen) atoms. The molecule has 0 aromatic heterocycles. The van der Waals surface area contributed by atoms with Crippen LogP contribution in [0.3, 0.4) is 0 Å². The lowest BCUT2D eigenvalue weighted by Gasteiger charge is -2.12. The third-order valence-corrected chi connectivity index (χ3v) is 5.90. The average molecular weight is 446 g/mol. The number of nitrogens with zero attached hydrogens (tertiary/aromatic N) is 2. The Morgan fingerprint density at radius 2 is 1.62 bits per heavy atom. The van der Waals surface area contributed by atoms with Gasteiger partial charge in [0.25, 0.3) is 16.8 Å². The fraction of sp³-hybridized carbons (Fsp3) is 0.0833. The third kappa shape index (κ3) is 4.70. The van der Waals surface area contributed by atoms with Crippen molar-refractivity contribution in [1.82, 2.24) is 4.90 Å². The molecule has 7 nitrogen and oxygen atoms in total. The highest BCUT2D eigenvalue weighted by atomic mass is 32.2. The van der Waals surface area contributed by atoms with E-state index < -0.39 is 16.1 Å². The van der Waals surface area contributed by atoms with Gasteiger partial charge >= 0.3 is 0 Å².